The van der Waals surface area contributed by atoms with Crippen LogP contribution in [-0.4, -0.2) is 25.1 Å². The van der Waals surface area contributed by atoms with Crippen molar-refractivity contribution >= 4 is 17.2 Å². The van der Waals surface area contributed by atoms with Gasteiger partial charge in [-0.2, -0.15) is 0 Å². The molecule has 0 saturated carbocycles. The molecule has 20 heavy (non-hydrogen) atoms. The SMILES string of the molecule is COc1ccc(CNC(=O)c2csc(C)n2)cc1OC. The lowest BCUT2D eigenvalue weighted by molar-refractivity contribution is 0.0946. The number of benzene rings is 1. The molecule has 1 amide bonds. The van der Waals surface area contributed by atoms with Crippen molar-refractivity contribution in [2.24, 2.45) is 0 Å². The molecule has 0 radical (unpaired) electrons. The third-order valence-corrected chi connectivity index (χ3v) is 3.53. The summed E-state index contributed by atoms with van der Waals surface area (Å²) >= 11 is 1.46. The molecule has 0 fully saturated rings. The lowest BCUT2D eigenvalue weighted by atomic mass is 10.2. The number of hydrogen-bond acceptors (Lipinski definition) is 5. The standard InChI is InChI=1S/C14H16N2O3S/c1-9-16-11(8-20-9)14(17)15-7-10-4-5-12(18-2)13(6-10)19-3/h4-6,8H,7H2,1-3H3,(H,15,17). The second-order valence-corrected chi connectivity index (χ2v) is 5.19. The van der Waals surface area contributed by atoms with Crippen molar-refractivity contribution in [1.82, 2.24) is 10.3 Å². The molecule has 1 N–H and O–H groups in total. The summed E-state index contributed by atoms with van der Waals surface area (Å²) in [6, 6.07) is 5.53. The number of ether oxygens (including phenoxy) is 2. The number of aromatic nitrogens is 1. The van der Waals surface area contributed by atoms with Crippen LogP contribution in [0.4, 0.5) is 0 Å². The van der Waals surface area contributed by atoms with Crippen molar-refractivity contribution in [3.8, 4) is 11.5 Å². The first-order chi connectivity index (χ1) is 9.63. The molecule has 0 aliphatic rings. The smallest absolute Gasteiger partial charge is 0.271 e. The molecule has 1 heterocycles. The first kappa shape index (κ1) is 14.3. The second-order valence-electron chi connectivity index (χ2n) is 4.12. The normalized spacial score (nSPS) is 10.2. The van der Waals surface area contributed by atoms with Crippen LogP contribution in [0.2, 0.25) is 0 Å². The second kappa shape index (κ2) is 6.38. The summed E-state index contributed by atoms with van der Waals surface area (Å²) in [5.74, 6) is 1.13. The molecule has 0 saturated heterocycles. The van der Waals surface area contributed by atoms with Gasteiger partial charge in [0.05, 0.1) is 19.2 Å². The van der Waals surface area contributed by atoms with Gasteiger partial charge < -0.3 is 14.8 Å². The number of aryl methyl sites for hydroxylation is 1. The van der Waals surface area contributed by atoms with Gasteiger partial charge in [-0.15, -0.1) is 11.3 Å². The van der Waals surface area contributed by atoms with Crippen LogP contribution in [0.15, 0.2) is 23.6 Å². The molecular weight excluding hydrogens is 276 g/mol. The van der Waals surface area contributed by atoms with Gasteiger partial charge in [0.25, 0.3) is 5.91 Å². The monoisotopic (exact) mass is 292 g/mol. The van der Waals surface area contributed by atoms with Crippen molar-refractivity contribution in [3.05, 3.63) is 39.8 Å². The Bertz CT molecular complexity index is 610. The summed E-state index contributed by atoms with van der Waals surface area (Å²) in [6.07, 6.45) is 0. The number of thiazole rings is 1. The number of nitrogens with one attached hydrogen (secondary N) is 1. The highest BCUT2D eigenvalue weighted by molar-refractivity contribution is 7.09. The van der Waals surface area contributed by atoms with Crippen molar-refractivity contribution in [2.45, 2.75) is 13.5 Å². The van der Waals surface area contributed by atoms with Gasteiger partial charge >= 0.3 is 0 Å². The van der Waals surface area contributed by atoms with E-state index in [0.717, 1.165) is 10.6 Å². The predicted molar refractivity (Wildman–Crippen MR) is 77.6 cm³/mol. The molecule has 1 aromatic carbocycles. The summed E-state index contributed by atoms with van der Waals surface area (Å²) in [7, 11) is 3.17. The number of hydrogen-bond donors (Lipinski definition) is 1. The van der Waals surface area contributed by atoms with Crippen molar-refractivity contribution in [3.63, 3.8) is 0 Å². The minimum atomic E-state index is -0.177. The van der Waals surface area contributed by atoms with E-state index in [1.54, 1.807) is 19.6 Å². The van der Waals surface area contributed by atoms with Gasteiger partial charge in [0.2, 0.25) is 0 Å². The Morgan fingerprint density at radius 3 is 2.65 bits per heavy atom. The number of methoxy groups -OCH3 is 2. The number of rotatable bonds is 5. The molecule has 0 aliphatic heterocycles. The van der Waals surface area contributed by atoms with Gasteiger partial charge in [-0.1, -0.05) is 6.07 Å². The van der Waals surface area contributed by atoms with E-state index in [-0.39, 0.29) is 5.91 Å². The topological polar surface area (TPSA) is 60.5 Å². The van der Waals surface area contributed by atoms with E-state index in [4.69, 9.17) is 9.47 Å². The molecular formula is C14H16N2O3S. The Hall–Kier alpha value is -2.08. The lowest BCUT2D eigenvalue weighted by Crippen LogP contribution is -2.23. The fourth-order valence-corrected chi connectivity index (χ4v) is 2.32. The Balaban J connectivity index is 2.02. The molecule has 1 aromatic heterocycles. The summed E-state index contributed by atoms with van der Waals surface area (Å²) in [5.41, 5.74) is 1.39. The first-order valence-electron chi connectivity index (χ1n) is 6.05. The third-order valence-electron chi connectivity index (χ3n) is 2.75. The Labute approximate surface area is 121 Å². The van der Waals surface area contributed by atoms with Gasteiger partial charge in [0.1, 0.15) is 5.69 Å². The van der Waals surface area contributed by atoms with E-state index in [0.29, 0.717) is 23.7 Å². The van der Waals surface area contributed by atoms with Crippen LogP contribution >= 0.6 is 11.3 Å². The van der Waals surface area contributed by atoms with Gasteiger partial charge in [-0.05, 0) is 24.6 Å². The summed E-state index contributed by atoms with van der Waals surface area (Å²) in [4.78, 5) is 16.0. The van der Waals surface area contributed by atoms with E-state index in [1.807, 2.05) is 25.1 Å². The van der Waals surface area contributed by atoms with Crippen LogP contribution in [0.5, 0.6) is 11.5 Å². The molecule has 106 valence electrons. The highest BCUT2D eigenvalue weighted by Gasteiger charge is 2.10. The molecule has 5 nitrogen and oxygen atoms in total. The number of amides is 1. The zero-order valence-corrected chi connectivity index (χ0v) is 12.4. The maximum Gasteiger partial charge on any atom is 0.271 e. The maximum absolute atomic E-state index is 11.9. The Kier molecular flexibility index (Phi) is 4.57. The summed E-state index contributed by atoms with van der Waals surface area (Å²) in [5, 5.41) is 5.45. The quantitative estimate of drug-likeness (QED) is 0.919. The minimum Gasteiger partial charge on any atom is -0.493 e. The zero-order valence-electron chi connectivity index (χ0n) is 11.6. The van der Waals surface area contributed by atoms with E-state index >= 15 is 0 Å². The number of carbonyl (C=O) groups is 1. The molecule has 0 unspecified atom stereocenters. The van der Waals surface area contributed by atoms with Crippen LogP contribution in [0, 0.1) is 6.92 Å². The minimum absolute atomic E-state index is 0.177. The Morgan fingerprint density at radius 1 is 1.30 bits per heavy atom. The third kappa shape index (κ3) is 3.27. The highest BCUT2D eigenvalue weighted by atomic mass is 32.1. The molecule has 2 aromatic rings. The fraction of sp³-hybridized carbons (Fsp3) is 0.286. The van der Waals surface area contributed by atoms with Crippen molar-refractivity contribution < 1.29 is 14.3 Å². The van der Waals surface area contributed by atoms with Gasteiger partial charge in [0.15, 0.2) is 11.5 Å². The van der Waals surface area contributed by atoms with Crippen LogP contribution < -0.4 is 14.8 Å². The molecule has 6 heteroatoms. The molecule has 0 bridgehead atoms. The first-order valence-corrected chi connectivity index (χ1v) is 6.93. The largest absolute Gasteiger partial charge is 0.493 e. The molecule has 0 atom stereocenters. The fourth-order valence-electron chi connectivity index (χ4n) is 1.73. The van der Waals surface area contributed by atoms with Gasteiger partial charge in [-0.3, -0.25) is 4.79 Å². The maximum atomic E-state index is 11.9. The van der Waals surface area contributed by atoms with Crippen LogP contribution in [0.1, 0.15) is 21.1 Å². The molecule has 0 spiro atoms. The average Bonchev–Trinajstić information content (AvgIpc) is 2.91. The van der Waals surface area contributed by atoms with Gasteiger partial charge in [0, 0.05) is 11.9 Å². The van der Waals surface area contributed by atoms with Gasteiger partial charge in [-0.25, -0.2) is 4.98 Å². The van der Waals surface area contributed by atoms with Crippen LogP contribution in [0.3, 0.4) is 0 Å². The van der Waals surface area contributed by atoms with Crippen LogP contribution in [0.25, 0.3) is 0 Å². The van der Waals surface area contributed by atoms with E-state index in [9.17, 15) is 4.79 Å². The lowest BCUT2D eigenvalue weighted by Gasteiger charge is -2.10. The summed E-state index contributed by atoms with van der Waals surface area (Å²) in [6.45, 7) is 2.28. The number of carbonyl (C=O) groups excluding carboxylic acids is 1. The van der Waals surface area contributed by atoms with E-state index < -0.39 is 0 Å². The number of nitrogens with zero attached hydrogens (tertiary/aromatic N) is 1. The molecule has 2 rings (SSSR count). The van der Waals surface area contributed by atoms with Crippen LogP contribution in [-0.2, 0) is 6.54 Å². The van der Waals surface area contributed by atoms with E-state index in [2.05, 4.69) is 10.3 Å². The highest BCUT2D eigenvalue weighted by Crippen LogP contribution is 2.27. The summed E-state index contributed by atoms with van der Waals surface area (Å²) < 4.78 is 10.4. The predicted octanol–water partition coefficient (Wildman–Crippen LogP) is 2.40. The molecule has 0 aliphatic carbocycles. The zero-order chi connectivity index (χ0) is 14.5. The Morgan fingerprint density at radius 2 is 2.05 bits per heavy atom. The van der Waals surface area contributed by atoms with E-state index in [1.165, 1.54) is 11.3 Å². The van der Waals surface area contributed by atoms with Crippen molar-refractivity contribution in [1.29, 1.82) is 0 Å². The average molecular weight is 292 g/mol. The van der Waals surface area contributed by atoms with Crippen molar-refractivity contribution in [2.75, 3.05) is 14.2 Å².